The van der Waals surface area contributed by atoms with Crippen molar-refractivity contribution >= 4 is 46.8 Å². The zero-order chi connectivity index (χ0) is 21.8. The van der Waals surface area contributed by atoms with Gasteiger partial charge in [0.15, 0.2) is 0 Å². The van der Waals surface area contributed by atoms with Gasteiger partial charge in [0.05, 0.1) is 10.6 Å². The molecule has 0 unspecified atom stereocenters. The molecule has 4 nitrogen and oxygen atoms in total. The Morgan fingerprint density at radius 3 is 2.53 bits per heavy atom. The van der Waals surface area contributed by atoms with E-state index in [9.17, 15) is 14.0 Å². The summed E-state index contributed by atoms with van der Waals surface area (Å²) in [4.78, 5) is 27.9. The second kappa shape index (κ2) is 10.0. The highest BCUT2D eigenvalue weighted by atomic mass is 35.5. The van der Waals surface area contributed by atoms with Crippen molar-refractivity contribution in [2.45, 2.75) is 31.7 Å². The lowest BCUT2D eigenvalue weighted by Gasteiger charge is -2.29. The van der Waals surface area contributed by atoms with Gasteiger partial charge in [0.25, 0.3) is 5.91 Å². The first-order valence-electron chi connectivity index (χ1n) is 9.70. The van der Waals surface area contributed by atoms with E-state index in [0.29, 0.717) is 23.2 Å². The molecule has 1 aliphatic heterocycles. The molecular weight excluding hydrogens is 446 g/mol. The minimum Gasteiger partial charge on any atom is -0.354 e. The third-order valence-electron chi connectivity index (χ3n) is 4.88. The van der Waals surface area contributed by atoms with Gasteiger partial charge in [0, 0.05) is 17.3 Å². The molecule has 0 aromatic heterocycles. The molecule has 3 rings (SSSR count). The summed E-state index contributed by atoms with van der Waals surface area (Å²) in [7, 11) is 0. The summed E-state index contributed by atoms with van der Waals surface area (Å²) in [6.45, 7) is 4.71. The number of amides is 2. The van der Waals surface area contributed by atoms with Crippen LogP contribution in [-0.2, 0) is 4.79 Å². The monoisotopic (exact) mass is 468 g/mol. The predicted octanol–water partition coefficient (Wildman–Crippen LogP) is 5.55. The third-order valence-corrected chi connectivity index (χ3v) is 6.75. The Hall–Kier alpha value is -1.76. The fraction of sp³-hybridized carbons (Fsp3) is 0.364. The summed E-state index contributed by atoms with van der Waals surface area (Å²) in [6.07, 6.45) is 0.851. The maximum Gasteiger partial charge on any atom is 0.257 e. The van der Waals surface area contributed by atoms with Gasteiger partial charge in [-0.15, -0.1) is 11.8 Å². The van der Waals surface area contributed by atoms with Crippen molar-refractivity contribution in [1.29, 1.82) is 0 Å². The second-order valence-corrected chi connectivity index (χ2v) is 9.52. The van der Waals surface area contributed by atoms with Gasteiger partial charge in [0.2, 0.25) is 5.91 Å². The van der Waals surface area contributed by atoms with E-state index in [1.54, 1.807) is 24.3 Å². The van der Waals surface area contributed by atoms with Crippen molar-refractivity contribution in [1.82, 2.24) is 10.2 Å². The van der Waals surface area contributed by atoms with Crippen LogP contribution in [0.15, 0.2) is 42.5 Å². The lowest BCUT2D eigenvalue weighted by atomic mass is 10.1. The van der Waals surface area contributed by atoms with Crippen molar-refractivity contribution in [3.05, 3.63) is 69.5 Å². The molecule has 1 aliphatic rings. The van der Waals surface area contributed by atoms with Crippen LogP contribution in [-0.4, -0.2) is 35.1 Å². The molecule has 1 fully saturated rings. The Morgan fingerprint density at radius 2 is 1.90 bits per heavy atom. The van der Waals surface area contributed by atoms with Gasteiger partial charge in [-0.25, -0.2) is 4.39 Å². The molecule has 2 atom stereocenters. The van der Waals surface area contributed by atoms with Crippen LogP contribution in [0.3, 0.4) is 0 Å². The molecule has 2 aromatic carbocycles. The molecule has 0 radical (unpaired) electrons. The van der Waals surface area contributed by atoms with Crippen molar-refractivity contribution in [3.8, 4) is 0 Å². The molecular formula is C22H23Cl2FN2O2S. The minimum absolute atomic E-state index is 0.203. The zero-order valence-electron chi connectivity index (χ0n) is 16.7. The number of thioether (sulfide) groups is 1. The number of nitrogens with zero attached hydrogens (tertiary/aromatic N) is 1. The van der Waals surface area contributed by atoms with E-state index in [1.807, 2.05) is 0 Å². The third kappa shape index (κ3) is 5.29. The van der Waals surface area contributed by atoms with Crippen LogP contribution >= 0.6 is 35.0 Å². The maximum atomic E-state index is 13.5. The molecule has 0 bridgehead atoms. The SMILES string of the molecule is CC(C)CCNC(=O)[C@H]1CS[C@@H](c2ccc(F)cc2)N1C(=O)c1ccc(Cl)cc1Cl. The smallest absolute Gasteiger partial charge is 0.257 e. The number of carbonyl (C=O) groups is 2. The fourth-order valence-electron chi connectivity index (χ4n) is 3.24. The number of benzene rings is 2. The number of carbonyl (C=O) groups excluding carboxylic acids is 2. The number of hydrogen-bond acceptors (Lipinski definition) is 3. The van der Waals surface area contributed by atoms with Gasteiger partial charge in [0.1, 0.15) is 17.2 Å². The average Bonchev–Trinajstić information content (AvgIpc) is 3.13. The molecule has 1 heterocycles. The van der Waals surface area contributed by atoms with Crippen LogP contribution in [0.4, 0.5) is 4.39 Å². The lowest BCUT2D eigenvalue weighted by Crippen LogP contribution is -2.48. The number of nitrogens with one attached hydrogen (secondary N) is 1. The maximum absolute atomic E-state index is 13.5. The van der Waals surface area contributed by atoms with Crippen molar-refractivity contribution in [3.63, 3.8) is 0 Å². The lowest BCUT2D eigenvalue weighted by molar-refractivity contribution is -0.124. The molecule has 0 saturated carbocycles. The summed E-state index contributed by atoms with van der Waals surface area (Å²) >= 11 is 13.7. The predicted molar refractivity (Wildman–Crippen MR) is 120 cm³/mol. The van der Waals surface area contributed by atoms with E-state index >= 15 is 0 Å². The summed E-state index contributed by atoms with van der Waals surface area (Å²) in [5, 5.41) is 3.16. The van der Waals surface area contributed by atoms with E-state index in [1.165, 1.54) is 34.9 Å². The van der Waals surface area contributed by atoms with Gasteiger partial charge in [-0.05, 0) is 48.2 Å². The van der Waals surface area contributed by atoms with Gasteiger partial charge >= 0.3 is 0 Å². The van der Waals surface area contributed by atoms with Crippen molar-refractivity contribution in [2.24, 2.45) is 5.92 Å². The average molecular weight is 469 g/mol. The van der Waals surface area contributed by atoms with Crippen LogP contribution in [0.25, 0.3) is 0 Å². The first-order valence-corrected chi connectivity index (χ1v) is 11.5. The Balaban J connectivity index is 1.91. The Bertz CT molecular complexity index is 924. The summed E-state index contributed by atoms with van der Waals surface area (Å²) < 4.78 is 13.4. The molecule has 2 amide bonds. The molecule has 30 heavy (non-hydrogen) atoms. The van der Waals surface area contributed by atoms with E-state index in [0.717, 1.165) is 12.0 Å². The molecule has 1 N–H and O–H groups in total. The van der Waals surface area contributed by atoms with E-state index < -0.39 is 11.4 Å². The van der Waals surface area contributed by atoms with Crippen molar-refractivity contribution < 1.29 is 14.0 Å². The normalized spacial score (nSPS) is 18.7. The van der Waals surface area contributed by atoms with Crippen LogP contribution in [0.2, 0.25) is 10.0 Å². The van der Waals surface area contributed by atoms with Crippen LogP contribution in [0, 0.1) is 11.7 Å². The Kier molecular flexibility index (Phi) is 7.66. The summed E-state index contributed by atoms with van der Waals surface area (Å²) in [5.41, 5.74) is 1.02. The van der Waals surface area contributed by atoms with Crippen LogP contribution < -0.4 is 5.32 Å². The molecule has 160 valence electrons. The first kappa shape index (κ1) is 22.9. The standard InChI is InChI=1S/C22H23Cl2FN2O2S/c1-13(2)9-10-26-20(28)19-12-30-22(14-3-6-16(25)7-4-14)27(19)21(29)17-8-5-15(23)11-18(17)24/h3-8,11,13,19,22H,9-10,12H2,1-2H3,(H,26,28)/t19-,22+/m1/s1. The van der Waals surface area contributed by atoms with Gasteiger partial charge in [-0.3, -0.25) is 9.59 Å². The van der Waals surface area contributed by atoms with Gasteiger partial charge in [-0.1, -0.05) is 49.2 Å². The molecule has 8 heteroatoms. The van der Waals surface area contributed by atoms with E-state index in [-0.39, 0.29) is 28.2 Å². The number of hydrogen-bond donors (Lipinski definition) is 1. The van der Waals surface area contributed by atoms with Crippen LogP contribution in [0.5, 0.6) is 0 Å². The fourth-order valence-corrected chi connectivity index (χ4v) is 5.16. The minimum atomic E-state index is -0.656. The summed E-state index contributed by atoms with van der Waals surface area (Å²) in [5.74, 6) is -0.0256. The van der Waals surface area contributed by atoms with E-state index in [4.69, 9.17) is 23.2 Å². The van der Waals surface area contributed by atoms with Crippen LogP contribution in [0.1, 0.15) is 41.6 Å². The molecule has 0 spiro atoms. The van der Waals surface area contributed by atoms with Gasteiger partial charge in [-0.2, -0.15) is 0 Å². The number of rotatable bonds is 6. The topological polar surface area (TPSA) is 49.4 Å². The first-order chi connectivity index (χ1) is 14.3. The molecule has 0 aliphatic carbocycles. The van der Waals surface area contributed by atoms with E-state index in [2.05, 4.69) is 19.2 Å². The largest absolute Gasteiger partial charge is 0.354 e. The second-order valence-electron chi connectivity index (χ2n) is 7.56. The van der Waals surface area contributed by atoms with Crippen molar-refractivity contribution in [2.75, 3.05) is 12.3 Å². The number of halogens is 3. The van der Waals surface area contributed by atoms with Gasteiger partial charge < -0.3 is 10.2 Å². The highest BCUT2D eigenvalue weighted by Crippen LogP contribution is 2.43. The highest BCUT2D eigenvalue weighted by Gasteiger charge is 2.43. The Labute approximate surface area is 190 Å². The quantitative estimate of drug-likeness (QED) is 0.604. The highest BCUT2D eigenvalue weighted by molar-refractivity contribution is 7.99. The zero-order valence-corrected chi connectivity index (χ0v) is 19.0. The molecule has 2 aromatic rings. The summed E-state index contributed by atoms with van der Waals surface area (Å²) in [6, 6.07) is 9.97. The molecule has 1 saturated heterocycles. The Morgan fingerprint density at radius 1 is 1.20 bits per heavy atom.